The lowest BCUT2D eigenvalue weighted by Gasteiger charge is -2.22. The van der Waals surface area contributed by atoms with Crippen molar-refractivity contribution in [3.05, 3.63) is 54.3 Å². The molecule has 1 amide bonds. The van der Waals surface area contributed by atoms with E-state index in [2.05, 4.69) is 5.32 Å². The number of hydrogen-bond acceptors (Lipinski definition) is 6. The molecule has 0 saturated carbocycles. The number of amides is 1. The van der Waals surface area contributed by atoms with Gasteiger partial charge in [0.1, 0.15) is 18.2 Å². The molecule has 1 aliphatic rings. The molecule has 192 valence electrons. The van der Waals surface area contributed by atoms with E-state index in [9.17, 15) is 26.0 Å². The average molecular weight is 528 g/mol. The van der Waals surface area contributed by atoms with Crippen LogP contribution in [0.1, 0.15) is 25.7 Å². The van der Waals surface area contributed by atoms with Crippen LogP contribution in [0, 0.1) is 5.82 Å². The number of rotatable bonds is 12. The van der Waals surface area contributed by atoms with Crippen molar-refractivity contribution in [1.82, 2.24) is 9.62 Å². The molecule has 12 heteroatoms. The number of nitrogens with one attached hydrogen (secondary N) is 1. The third-order valence-electron chi connectivity index (χ3n) is 5.50. The van der Waals surface area contributed by atoms with Crippen molar-refractivity contribution in [3.63, 3.8) is 0 Å². The van der Waals surface area contributed by atoms with Gasteiger partial charge in [0.15, 0.2) is 0 Å². The molecule has 9 nitrogen and oxygen atoms in total. The van der Waals surface area contributed by atoms with E-state index >= 15 is 0 Å². The Morgan fingerprint density at radius 1 is 1.03 bits per heavy atom. The van der Waals surface area contributed by atoms with Crippen LogP contribution in [0.2, 0.25) is 0 Å². The van der Waals surface area contributed by atoms with Crippen LogP contribution in [0.4, 0.5) is 10.1 Å². The summed E-state index contributed by atoms with van der Waals surface area (Å²) in [6, 6.07) is 11.3. The van der Waals surface area contributed by atoms with Crippen molar-refractivity contribution in [2.75, 3.05) is 43.3 Å². The Labute approximate surface area is 206 Å². The molecule has 1 N–H and O–H groups in total. The standard InChI is InChI=1S/C23H30FN3O6S2/c1-34(29,30)27(20-8-6-19(24)7-9-20)17-4-5-23(28)25-14-18-33-21-10-12-22(13-11-21)35(31,32)26-15-2-3-16-26/h6-13H,2-5,14-18H2,1H3,(H,25,28). The van der Waals surface area contributed by atoms with Gasteiger partial charge in [0.25, 0.3) is 0 Å². The first-order valence-corrected chi connectivity index (χ1v) is 14.6. The number of nitrogens with zero attached hydrogens (tertiary/aromatic N) is 2. The lowest BCUT2D eigenvalue weighted by atomic mass is 10.2. The van der Waals surface area contributed by atoms with Gasteiger partial charge in [0.05, 0.1) is 23.4 Å². The fourth-order valence-electron chi connectivity index (χ4n) is 3.71. The molecule has 0 radical (unpaired) electrons. The summed E-state index contributed by atoms with van der Waals surface area (Å²) in [6.07, 6.45) is 3.19. The van der Waals surface area contributed by atoms with Crippen molar-refractivity contribution >= 4 is 31.6 Å². The Morgan fingerprint density at radius 2 is 1.66 bits per heavy atom. The molecular formula is C23H30FN3O6S2. The van der Waals surface area contributed by atoms with Crippen LogP contribution in [0.3, 0.4) is 0 Å². The summed E-state index contributed by atoms with van der Waals surface area (Å²) in [5.41, 5.74) is 0.335. The van der Waals surface area contributed by atoms with E-state index in [-0.39, 0.29) is 43.3 Å². The predicted octanol–water partition coefficient (Wildman–Crippen LogP) is 2.35. The lowest BCUT2D eigenvalue weighted by Crippen LogP contribution is -2.32. The molecule has 2 aromatic rings. The zero-order valence-corrected chi connectivity index (χ0v) is 21.2. The van der Waals surface area contributed by atoms with E-state index < -0.39 is 25.9 Å². The summed E-state index contributed by atoms with van der Waals surface area (Å²) in [5.74, 6) is -0.234. The van der Waals surface area contributed by atoms with Gasteiger partial charge in [-0.2, -0.15) is 4.31 Å². The molecule has 35 heavy (non-hydrogen) atoms. The molecule has 1 fully saturated rings. The maximum absolute atomic E-state index is 13.1. The molecule has 1 aliphatic heterocycles. The highest BCUT2D eigenvalue weighted by molar-refractivity contribution is 7.92. The molecule has 0 unspecified atom stereocenters. The van der Waals surface area contributed by atoms with Crippen LogP contribution >= 0.6 is 0 Å². The van der Waals surface area contributed by atoms with Crippen LogP contribution in [-0.4, -0.2) is 66.1 Å². The summed E-state index contributed by atoms with van der Waals surface area (Å²) >= 11 is 0. The molecule has 1 heterocycles. The second kappa shape index (κ2) is 11.8. The number of benzene rings is 2. The first-order chi connectivity index (χ1) is 16.6. The second-order valence-electron chi connectivity index (χ2n) is 8.20. The molecule has 3 rings (SSSR count). The Kier molecular flexibility index (Phi) is 9.09. The first kappa shape index (κ1) is 26.9. The molecule has 0 spiro atoms. The molecule has 0 atom stereocenters. The summed E-state index contributed by atoms with van der Waals surface area (Å²) < 4.78 is 70.5. The van der Waals surface area contributed by atoms with Gasteiger partial charge in [0, 0.05) is 26.1 Å². The van der Waals surface area contributed by atoms with Crippen molar-refractivity contribution in [1.29, 1.82) is 0 Å². The lowest BCUT2D eigenvalue weighted by molar-refractivity contribution is -0.121. The quantitative estimate of drug-likeness (QED) is 0.424. The number of hydrogen-bond donors (Lipinski definition) is 1. The fourth-order valence-corrected chi connectivity index (χ4v) is 6.19. The van der Waals surface area contributed by atoms with E-state index in [4.69, 9.17) is 4.74 Å². The average Bonchev–Trinajstić information content (AvgIpc) is 3.36. The zero-order chi connectivity index (χ0) is 25.5. The minimum Gasteiger partial charge on any atom is -0.492 e. The second-order valence-corrected chi connectivity index (χ2v) is 12.0. The fraction of sp³-hybridized carbons (Fsp3) is 0.435. The molecule has 2 aromatic carbocycles. The van der Waals surface area contributed by atoms with E-state index in [1.54, 1.807) is 12.1 Å². The van der Waals surface area contributed by atoms with E-state index in [0.717, 1.165) is 23.4 Å². The van der Waals surface area contributed by atoms with Crippen molar-refractivity contribution in [3.8, 4) is 5.75 Å². The number of halogens is 1. The van der Waals surface area contributed by atoms with E-state index in [1.165, 1.54) is 40.7 Å². The summed E-state index contributed by atoms with van der Waals surface area (Å²) in [7, 11) is -7.05. The van der Waals surface area contributed by atoms with Crippen molar-refractivity contribution in [2.24, 2.45) is 0 Å². The molecule has 1 saturated heterocycles. The Morgan fingerprint density at radius 3 is 2.26 bits per heavy atom. The topological polar surface area (TPSA) is 113 Å². The van der Waals surface area contributed by atoms with Crippen molar-refractivity contribution < 1.29 is 30.8 Å². The SMILES string of the molecule is CS(=O)(=O)N(CCCC(=O)NCCOc1ccc(S(=O)(=O)N2CCCC2)cc1)c1ccc(F)cc1. The van der Waals surface area contributed by atoms with Gasteiger partial charge < -0.3 is 10.1 Å². The highest BCUT2D eigenvalue weighted by Crippen LogP contribution is 2.23. The number of anilines is 1. The zero-order valence-electron chi connectivity index (χ0n) is 19.5. The van der Waals surface area contributed by atoms with Gasteiger partial charge in [-0.3, -0.25) is 9.10 Å². The number of sulfonamides is 2. The largest absolute Gasteiger partial charge is 0.492 e. The van der Waals surface area contributed by atoms with Crippen LogP contribution in [0.25, 0.3) is 0 Å². The summed E-state index contributed by atoms with van der Waals surface area (Å²) in [6.45, 7) is 1.59. The third kappa shape index (κ3) is 7.64. The Balaban J connectivity index is 1.39. The first-order valence-electron chi connectivity index (χ1n) is 11.3. The summed E-state index contributed by atoms with van der Waals surface area (Å²) in [5, 5.41) is 2.70. The monoisotopic (exact) mass is 527 g/mol. The Hall–Kier alpha value is -2.70. The van der Waals surface area contributed by atoms with E-state index in [0.29, 0.717) is 24.5 Å². The van der Waals surface area contributed by atoms with Crippen LogP contribution in [0.5, 0.6) is 5.75 Å². The number of carbonyl (C=O) groups excluding carboxylic acids is 1. The highest BCUT2D eigenvalue weighted by atomic mass is 32.2. The minimum absolute atomic E-state index is 0.0844. The Bertz CT molecular complexity index is 1200. The maximum Gasteiger partial charge on any atom is 0.243 e. The minimum atomic E-state index is -3.58. The maximum atomic E-state index is 13.1. The predicted molar refractivity (Wildman–Crippen MR) is 131 cm³/mol. The highest BCUT2D eigenvalue weighted by Gasteiger charge is 2.27. The molecule has 0 bridgehead atoms. The van der Waals surface area contributed by atoms with Gasteiger partial charge in [-0.1, -0.05) is 0 Å². The van der Waals surface area contributed by atoms with Gasteiger partial charge >= 0.3 is 0 Å². The van der Waals surface area contributed by atoms with E-state index in [1.807, 2.05) is 0 Å². The third-order valence-corrected chi connectivity index (χ3v) is 8.61. The van der Waals surface area contributed by atoms with Crippen molar-refractivity contribution in [2.45, 2.75) is 30.6 Å². The smallest absolute Gasteiger partial charge is 0.243 e. The van der Waals surface area contributed by atoms with Gasteiger partial charge in [-0.25, -0.2) is 21.2 Å². The number of carbonyl (C=O) groups is 1. The van der Waals surface area contributed by atoms with Crippen LogP contribution < -0.4 is 14.4 Å². The van der Waals surface area contributed by atoms with Crippen LogP contribution in [0.15, 0.2) is 53.4 Å². The molecule has 0 aliphatic carbocycles. The van der Waals surface area contributed by atoms with Crippen LogP contribution in [-0.2, 0) is 24.8 Å². The number of ether oxygens (including phenoxy) is 1. The summed E-state index contributed by atoms with van der Waals surface area (Å²) in [4.78, 5) is 12.3. The van der Waals surface area contributed by atoms with Gasteiger partial charge in [-0.15, -0.1) is 0 Å². The molecular weight excluding hydrogens is 497 g/mol. The normalized spacial score (nSPS) is 14.6. The van der Waals surface area contributed by atoms with Gasteiger partial charge in [0.2, 0.25) is 26.0 Å². The molecule has 0 aromatic heterocycles. The van der Waals surface area contributed by atoms with Gasteiger partial charge in [-0.05, 0) is 67.8 Å².